The Labute approximate surface area is 160 Å². The van der Waals surface area contributed by atoms with Crippen LogP contribution in [0.5, 0.6) is 0 Å². The molecule has 1 aromatic rings. The maximum absolute atomic E-state index is 12.9. The molecule has 1 heterocycles. The fourth-order valence-electron chi connectivity index (χ4n) is 5.36. The number of carbonyl (C=O) groups excluding carboxylic acids is 1. The molecule has 3 aliphatic rings. The van der Waals surface area contributed by atoms with Crippen molar-refractivity contribution in [2.75, 3.05) is 30.4 Å². The van der Waals surface area contributed by atoms with Gasteiger partial charge in [0.2, 0.25) is 0 Å². The molecule has 0 radical (unpaired) electrons. The number of carboxylic acids is 1. The lowest BCUT2D eigenvalue weighted by Crippen LogP contribution is -2.39. The van der Waals surface area contributed by atoms with Crippen molar-refractivity contribution in [1.82, 2.24) is 4.90 Å². The molecule has 2 amide bonds. The molecule has 0 spiro atoms. The van der Waals surface area contributed by atoms with Gasteiger partial charge in [-0.05, 0) is 43.7 Å². The number of likely N-dealkylation sites (tertiary alicyclic amines) is 1. The molecule has 1 saturated heterocycles. The van der Waals surface area contributed by atoms with Gasteiger partial charge >= 0.3 is 12.0 Å². The Morgan fingerprint density at radius 1 is 1.19 bits per heavy atom. The zero-order valence-corrected chi connectivity index (χ0v) is 16.0. The van der Waals surface area contributed by atoms with E-state index in [0.717, 1.165) is 24.2 Å². The van der Waals surface area contributed by atoms with Crippen molar-refractivity contribution in [2.24, 2.45) is 11.3 Å². The highest BCUT2D eigenvalue weighted by Crippen LogP contribution is 2.49. The summed E-state index contributed by atoms with van der Waals surface area (Å²) in [6.45, 7) is 0.859. The second-order valence-corrected chi connectivity index (χ2v) is 8.43. The van der Waals surface area contributed by atoms with Crippen molar-refractivity contribution in [3.63, 3.8) is 0 Å². The van der Waals surface area contributed by atoms with Crippen molar-refractivity contribution in [1.29, 1.82) is 0 Å². The number of aliphatic carboxylic acids is 1. The standard InChI is InChI=1S/C21H29N3O3/c1-23(16-8-2-3-9-16)18-11-5-4-10-17(18)22-20(27)24-13-15-7-6-12-21(15,14-24)19(25)26/h4-5,10-11,15-16H,2-3,6-9,12-14H2,1H3,(H,22,27)(H,25,26)/t15-,21+/m0/s1. The second kappa shape index (κ2) is 7.06. The number of fused-ring (bicyclic) bond motifs is 1. The largest absolute Gasteiger partial charge is 0.481 e. The number of benzene rings is 1. The van der Waals surface area contributed by atoms with E-state index in [1.807, 2.05) is 24.3 Å². The van der Waals surface area contributed by atoms with Gasteiger partial charge < -0.3 is 20.2 Å². The Morgan fingerprint density at radius 2 is 1.93 bits per heavy atom. The van der Waals surface area contributed by atoms with Crippen LogP contribution in [-0.4, -0.2) is 48.2 Å². The van der Waals surface area contributed by atoms with E-state index < -0.39 is 11.4 Å². The quantitative estimate of drug-likeness (QED) is 0.845. The minimum atomic E-state index is -0.748. The van der Waals surface area contributed by atoms with Gasteiger partial charge in [-0.1, -0.05) is 31.4 Å². The van der Waals surface area contributed by atoms with Crippen LogP contribution in [0, 0.1) is 11.3 Å². The highest BCUT2D eigenvalue weighted by atomic mass is 16.4. The number of carboxylic acid groups (broad SMARTS) is 1. The van der Waals surface area contributed by atoms with Gasteiger partial charge in [-0.15, -0.1) is 0 Å². The van der Waals surface area contributed by atoms with Crippen LogP contribution in [0.4, 0.5) is 16.2 Å². The third-order valence-electron chi connectivity index (χ3n) is 6.98. The first kappa shape index (κ1) is 18.1. The number of hydrogen-bond acceptors (Lipinski definition) is 3. The monoisotopic (exact) mass is 371 g/mol. The fraction of sp³-hybridized carbons (Fsp3) is 0.619. The van der Waals surface area contributed by atoms with E-state index in [1.165, 1.54) is 25.7 Å². The molecule has 2 aliphatic carbocycles. The summed E-state index contributed by atoms with van der Waals surface area (Å²) >= 11 is 0. The van der Waals surface area contributed by atoms with Crippen LogP contribution in [0.2, 0.25) is 0 Å². The van der Waals surface area contributed by atoms with Crippen molar-refractivity contribution in [3.05, 3.63) is 24.3 Å². The summed E-state index contributed by atoms with van der Waals surface area (Å²) < 4.78 is 0. The minimum Gasteiger partial charge on any atom is -0.481 e. The number of hydrogen-bond donors (Lipinski definition) is 2. The van der Waals surface area contributed by atoms with E-state index in [9.17, 15) is 14.7 Å². The molecule has 2 saturated carbocycles. The fourth-order valence-corrected chi connectivity index (χ4v) is 5.36. The summed E-state index contributed by atoms with van der Waals surface area (Å²) in [6.07, 6.45) is 7.42. The lowest BCUT2D eigenvalue weighted by Gasteiger charge is -2.29. The zero-order chi connectivity index (χ0) is 19.0. The molecule has 1 aromatic carbocycles. The van der Waals surface area contributed by atoms with E-state index in [1.54, 1.807) is 4.90 Å². The number of rotatable bonds is 4. The maximum atomic E-state index is 12.9. The average Bonchev–Trinajstić information content (AvgIpc) is 3.37. The van der Waals surface area contributed by atoms with E-state index in [-0.39, 0.29) is 11.9 Å². The topological polar surface area (TPSA) is 72.9 Å². The molecule has 6 heteroatoms. The Morgan fingerprint density at radius 3 is 2.63 bits per heavy atom. The van der Waals surface area contributed by atoms with Gasteiger partial charge in [0, 0.05) is 26.2 Å². The first-order valence-electron chi connectivity index (χ1n) is 10.1. The van der Waals surface area contributed by atoms with Crippen molar-refractivity contribution >= 4 is 23.4 Å². The number of anilines is 2. The molecule has 6 nitrogen and oxygen atoms in total. The number of amides is 2. The molecule has 2 N–H and O–H groups in total. The zero-order valence-electron chi connectivity index (χ0n) is 16.0. The van der Waals surface area contributed by atoms with E-state index in [2.05, 4.69) is 17.3 Å². The average molecular weight is 371 g/mol. The van der Waals surface area contributed by atoms with Crippen molar-refractivity contribution in [3.8, 4) is 0 Å². The summed E-state index contributed by atoms with van der Waals surface area (Å²) in [5, 5.41) is 12.8. The van der Waals surface area contributed by atoms with Gasteiger partial charge in [-0.2, -0.15) is 0 Å². The lowest BCUT2D eigenvalue weighted by atomic mass is 9.81. The number of carbonyl (C=O) groups is 2. The smallest absolute Gasteiger partial charge is 0.321 e. The molecule has 27 heavy (non-hydrogen) atoms. The first-order valence-corrected chi connectivity index (χ1v) is 10.1. The molecule has 2 atom stereocenters. The van der Waals surface area contributed by atoms with Crippen LogP contribution in [0.1, 0.15) is 44.9 Å². The SMILES string of the molecule is CN(c1ccccc1NC(=O)N1C[C@@H]2CCC[C@@]2(C(=O)O)C1)C1CCCC1. The van der Waals surface area contributed by atoms with Crippen molar-refractivity contribution in [2.45, 2.75) is 51.0 Å². The molecule has 4 rings (SSSR count). The molecule has 3 fully saturated rings. The molecule has 0 aromatic heterocycles. The second-order valence-electron chi connectivity index (χ2n) is 8.43. The third-order valence-corrected chi connectivity index (χ3v) is 6.98. The Balaban J connectivity index is 1.48. The van der Waals surface area contributed by atoms with Crippen LogP contribution in [0.15, 0.2) is 24.3 Å². The minimum absolute atomic E-state index is 0.0807. The van der Waals surface area contributed by atoms with Crippen LogP contribution < -0.4 is 10.2 Å². The van der Waals surface area contributed by atoms with Gasteiger partial charge in [0.1, 0.15) is 0 Å². The van der Waals surface area contributed by atoms with Crippen LogP contribution in [-0.2, 0) is 4.79 Å². The highest BCUT2D eigenvalue weighted by molar-refractivity contribution is 5.94. The Bertz CT molecular complexity index is 731. The predicted octanol–water partition coefficient (Wildman–Crippen LogP) is 3.78. The molecule has 0 bridgehead atoms. The normalized spacial score (nSPS) is 27.6. The summed E-state index contributed by atoms with van der Waals surface area (Å²) in [5.74, 6) is -0.668. The summed E-state index contributed by atoms with van der Waals surface area (Å²) in [6, 6.07) is 8.24. The van der Waals surface area contributed by atoms with Gasteiger partial charge in [-0.3, -0.25) is 4.79 Å². The van der Waals surface area contributed by atoms with Gasteiger partial charge in [0.05, 0.1) is 16.8 Å². The Hall–Kier alpha value is -2.24. The van der Waals surface area contributed by atoms with Gasteiger partial charge in [0.25, 0.3) is 0 Å². The summed E-state index contributed by atoms with van der Waals surface area (Å²) in [7, 11) is 2.10. The number of urea groups is 1. The third kappa shape index (κ3) is 3.15. The molecular formula is C21H29N3O3. The van der Waals surface area contributed by atoms with Gasteiger partial charge in [-0.25, -0.2) is 4.79 Å². The first-order chi connectivity index (χ1) is 13.0. The van der Waals surface area contributed by atoms with Crippen LogP contribution in [0.3, 0.4) is 0 Å². The molecule has 0 unspecified atom stereocenters. The van der Waals surface area contributed by atoms with Crippen LogP contribution >= 0.6 is 0 Å². The summed E-state index contributed by atoms with van der Waals surface area (Å²) in [4.78, 5) is 28.7. The molecule has 1 aliphatic heterocycles. The van der Waals surface area contributed by atoms with Crippen molar-refractivity contribution < 1.29 is 14.7 Å². The van der Waals surface area contributed by atoms with Gasteiger partial charge in [0.15, 0.2) is 0 Å². The van der Waals surface area contributed by atoms with E-state index in [4.69, 9.17) is 0 Å². The highest BCUT2D eigenvalue weighted by Gasteiger charge is 2.55. The molecular weight excluding hydrogens is 342 g/mol. The number of nitrogens with one attached hydrogen (secondary N) is 1. The lowest BCUT2D eigenvalue weighted by molar-refractivity contribution is -0.149. The van der Waals surface area contributed by atoms with E-state index in [0.29, 0.717) is 25.6 Å². The Kier molecular flexibility index (Phi) is 4.74. The molecule has 146 valence electrons. The summed E-state index contributed by atoms with van der Waals surface area (Å²) in [5.41, 5.74) is 1.10. The predicted molar refractivity (Wildman–Crippen MR) is 105 cm³/mol. The number of nitrogens with zero attached hydrogens (tertiary/aromatic N) is 2. The van der Waals surface area contributed by atoms with Crippen LogP contribution in [0.25, 0.3) is 0 Å². The van der Waals surface area contributed by atoms with E-state index >= 15 is 0 Å². The number of para-hydroxylation sites is 2. The maximum Gasteiger partial charge on any atom is 0.321 e.